The summed E-state index contributed by atoms with van der Waals surface area (Å²) in [6, 6.07) is 12.8. The number of nitrogens with one attached hydrogen (secondary N) is 4. The molecule has 0 unspecified atom stereocenters. The molecule has 1 aliphatic rings. The van der Waals surface area contributed by atoms with E-state index in [0.717, 1.165) is 12.1 Å². The van der Waals surface area contributed by atoms with Crippen molar-refractivity contribution in [3.8, 4) is 11.8 Å². The maximum Gasteiger partial charge on any atom is 0.267 e. The first-order valence-electron chi connectivity index (χ1n) is 12.2. The highest BCUT2D eigenvalue weighted by Crippen LogP contribution is 2.22. The average Bonchev–Trinajstić information content (AvgIpc) is 2.91. The van der Waals surface area contributed by atoms with Gasteiger partial charge < -0.3 is 21.7 Å². The minimum Gasteiger partial charge on any atom is -0.339 e. The zero-order valence-corrected chi connectivity index (χ0v) is 20.2. The lowest BCUT2D eigenvalue weighted by atomic mass is 9.89. The molecule has 9 heteroatoms. The molecule has 2 aromatic rings. The second-order valence-corrected chi connectivity index (χ2v) is 8.83. The van der Waals surface area contributed by atoms with Crippen LogP contribution in [0.5, 0.6) is 0 Å². The second-order valence-electron chi connectivity index (χ2n) is 8.83. The molecule has 0 spiro atoms. The molecule has 7 N–H and O–H groups in total. The molecule has 0 bridgehead atoms. The third-order valence-corrected chi connectivity index (χ3v) is 6.08. The number of benzene rings is 2. The highest BCUT2D eigenvalue weighted by atomic mass is 16.5. The van der Waals surface area contributed by atoms with Crippen molar-refractivity contribution in [3.63, 3.8) is 0 Å². The van der Waals surface area contributed by atoms with Crippen LogP contribution in [0.15, 0.2) is 48.5 Å². The largest absolute Gasteiger partial charge is 0.339 e. The SMILES string of the molecule is C.NC[C@H](NC(=O)c1ccc(C#Cc2ccc(NC(=O)CNCC3CCCCC3)cc2)cc1)C(=O)NO. The van der Waals surface area contributed by atoms with E-state index >= 15 is 0 Å². The van der Waals surface area contributed by atoms with Crippen molar-refractivity contribution in [2.24, 2.45) is 11.7 Å². The number of amides is 3. The predicted molar refractivity (Wildman–Crippen MR) is 144 cm³/mol. The minimum atomic E-state index is -1.03. The fraction of sp³-hybridized carbons (Fsp3) is 0.393. The van der Waals surface area contributed by atoms with Gasteiger partial charge in [0, 0.05) is 28.9 Å². The maximum absolute atomic E-state index is 12.3. The first-order chi connectivity index (χ1) is 17.5. The van der Waals surface area contributed by atoms with Gasteiger partial charge in [0.1, 0.15) is 6.04 Å². The molecule has 3 amide bonds. The molecule has 2 aromatic carbocycles. The molecule has 3 rings (SSSR count). The fourth-order valence-corrected chi connectivity index (χ4v) is 4.02. The van der Waals surface area contributed by atoms with Gasteiger partial charge in [0.15, 0.2) is 0 Å². The van der Waals surface area contributed by atoms with Crippen LogP contribution >= 0.6 is 0 Å². The summed E-state index contributed by atoms with van der Waals surface area (Å²) in [6.45, 7) is 1.04. The van der Waals surface area contributed by atoms with Crippen molar-refractivity contribution < 1.29 is 19.6 Å². The molecule has 0 aromatic heterocycles. The number of hydroxylamine groups is 1. The Bertz CT molecular complexity index is 1080. The molecule has 198 valence electrons. The van der Waals surface area contributed by atoms with Gasteiger partial charge in [-0.2, -0.15) is 0 Å². The Labute approximate surface area is 218 Å². The third kappa shape index (κ3) is 9.69. The molecule has 0 radical (unpaired) electrons. The summed E-state index contributed by atoms with van der Waals surface area (Å²) in [6.07, 6.45) is 6.40. The maximum atomic E-state index is 12.3. The number of hydrogen-bond acceptors (Lipinski definition) is 6. The predicted octanol–water partition coefficient (Wildman–Crippen LogP) is 2.39. The topological polar surface area (TPSA) is 146 Å². The van der Waals surface area contributed by atoms with E-state index in [9.17, 15) is 14.4 Å². The Hall–Kier alpha value is -3.71. The number of rotatable bonds is 9. The summed E-state index contributed by atoms with van der Waals surface area (Å²) < 4.78 is 0. The van der Waals surface area contributed by atoms with Gasteiger partial charge in [0.05, 0.1) is 6.54 Å². The zero-order chi connectivity index (χ0) is 25.8. The fourth-order valence-electron chi connectivity index (χ4n) is 4.02. The van der Waals surface area contributed by atoms with E-state index < -0.39 is 17.9 Å². The molecule has 1 aliphatic carbocycles. The Morgan fingerprint density at radius 3 is 2.11 bits per heavy atom. The quantitative estimate of drug-likeness (QED) is 0.175. The summed E-state index contributed by atoms with van der Waals surface area (Å²) in [7, 11) is 0. The van der Waals surface area contributed by atoms with E-state index in [-0.39, 0.29) is 19.9 Å². The molecule has 9 nitrogen and oxygen atoms in total. The van der Waals surface area contributed by atoms with Crippen LogP contribution in [0, 0.1) is 17.8 Å². The molecule has 0 aliphatic heterocycles. The van der Waals surface area contributed by atoms with Crippen molar-refractivity contribution in [1.29, 1.82) is 0 Å². The van der Waals surface area contributed by atoms with Gasteiger partial charge in [0.25, 0.3) is 11.8 Å². The molecular formula is C28H37N5O4. The van der Waals surface area contributed by atoms with E-state index in [1.54, 1.807) is 24.3 Å². The molecule has 1 atom stereocenters. The normalized spacial score (nSPS) is 13.8. The molecule has 1 fully saturated rings. The number of nitrogens with two attached hydrogens (primary N) is 1. The van der Waals surface area contributed by atoms with E-state index in [1.165, 1.54) is 37.6 Å². The third-order valence-electron chi connectivity index (χ3n) is 6.08. The summed E-state index contributed by atoms with van der Waals surface area (Å²) in [4.78, 5) is 35.9. The van der Waals surface area contributed by atoms with Crippen LogP contribution in [0.4, 0.5) is 5.69 Å². The minimum absolute atomic E-state index is 0. The van der Waals surface area contributed by atoms with E-state index in [0.29, 0.717) is 29.3 Å². The van der Waals surface area contributed by atoms with E-state index in [2.05, 4.69) is 27.8 Å². The monoisotopic (exact) mass is 507 g/mol. The Morgan fingerprint density at radius 1 is 0.946 bits per heavy atom. The average molecular weight is 508 g/mol. The Morgan fingerprint density at radius 2 is 1.54 bits per heavy atom. The van der Waals surface area contributed by atoms with Gasteiger partial charge >= 0.3 is 0 Å². The van der Waals surface area contributed by atoms with Crippen molar-refractivity contribution in [2.75, 3.05) is 25.0 Å². The summed E-state index contributed by atoms with van der Waals surface area (Å²) in [5, 5.41) is 17.3. The van der Waals surface area contributed by atoms with E-state index in [4.69, 9.17) is 10.9 Å². The number of hydrogen-bond donors (Lipinski definition) is 6. The molecule has 0 saturated heterocycles. The van der Waals surface area contributed by atoms with Crippen LogP contribution < -0.4 is 27.2 Å². The van der Waals surface area contributed by atoms with Crippen LogP contribution in [0.1, 0.15) is 61.0 Å². The van der Waals surface area contributed by atoms with Crippen LogP contribution in [0.3, 0.4) is 0 Å². The number of anilines is 1. The smallest absolute Gasteiger partial charge is 0.267 e. The Balaban J connectivity index is 0.00000481. The summed E-state index contributed by atoms with van der Waals surface area (Å²) in [5.74, 6) is 5.42. The van der Waals surface area contributed by atoms with Crippen LogP contribution in [0.2, 0.25) is 0 Å². The van der Waals surface area contributed by atoms with Crippen LogP contribution in [-0.4, -0.2) is 48.6 Å². The van der Waals surface area contributed by atoms with E-state index in [1.807, 2.05) is 24.3 Å². The van der Waals surface area contributed by atoms with Crippen molar-refractivity contribution in [1.82, 2.24) is 16.1 Å². The molecule has 0 heterocycles. The lowest BCUT2D eigenvalue weighted by Crippen LogP contribution is -2.50. The highest BCUT2D eigenvalue weighted by Gasteiger charge is 2.19. The van der Waals surface area contributed by atoms with Crippen molar-refractivity contribution >= 4 is 23.4 Å². The standard InChI is InChI=1S/C27H33N5O4.CH4/c28-16-24(27(35)32-36)31-26(34)22-12-8-19(9-13-22)6-7-20-10-14-23(15-11-20)30-25(33)18-29-17-21-4-2-1-3-5-21;/h8-15,21,24,29,36H,1-5,16-18,28H2,(H,30,33)(H,31,34)(H,32,35);1H4/t24-;/m0./s1. The number of carbonyl (C=O) groups excluding carboxylic acids is 3. The number of carbonyl (C=O) groups is 3. The Kier molecular flexibility index (Phi) is 12.3. The van der Waals surface area contributed by atoms with Gasteiger partial charge in [-0.25, -0.2) is 5.48 Å². The van der Waals surface area contributed by atoms with Gasteiger partial charge in [-0.3, -0.25) is 19.6 Å². The first kappa shape index (κ1) is 29.5. The van der Waals surface area contributed by atoms with Crippen molar-refractivity contribution in [2.45, 2.75) is 45.6 Å². The van der Waals surface area contributed by atoms with Gasteiger partial charge in [-0.05, 0) is 73.8 Å². The lowest BCUT2D eigenvalue weighted by Gasteiger charge is -2.21. The highest BCUT2D eigenvalue weighted by molar-refractivity contribution is 5.97. The first-order valence-corrected chi connectivity index (χ1v) is 12.2. The van der Waals surface area contributed by atoms with Gasteiger partial charge in [-0.15, -0.1) is 0 Å². The van der Waals surface area contributed by atoms with Crippen LogP contribution in [-0.2, 0) is 9.59 Å². The van der Waals surface area contributed by atoms with Gasteiger partial charge in [0.2, 0.25) is 5.91 Å². The van der Waals surface area contributed by atoms with Gasteiger partial charge in [-0.1, -0.05) is 38.5 Å². The lowest BCUT2D eigenvalue weighted by molar-refractivity contribution is -0.130. The van der Waals surface area contributed by atoms with Crippen molar-refractivity contribution in [3.05, 3.63) is 65.2 Å². The summed E-state index contributed by atoms with van der Waals surface area (Å²) >= 11 is 0. The molecule has 1 saturated carbocycles. The second kappa shape index (κ2) is 15.4. The molecule has 37 heavy (non-hydrogen) atoms. The van der Waals surface area contributed by atoms with Crippen LogP contribution in [0.25, 0.3) is 0 Å². The zero-order valence-electron chi connectivity index (χ0n) is 20.2. The molecular weight excluding hydrogens is 470 g/mol. The summed E-state index contributed by atoms with van der Waals surface area (Å²) in [5.41, 5.74) is 9.45.